The van der Waals surface area contributed by atoms with Crippen molar-refractivity contribution in [2.45, 2.75) is 26.5 Å². The van der Waals surface area contributed by atoms with Crippen molar-refractivity contribution >= 4 is 28.2 Å². The Hall–Kier alpha value is -3.42. The van der Waals surface area contributed by atoms with Gasteiger partial charge in [-0.25, -0.2) is 4.98 Å². The molecule has 0 fully saturated rings. The van der Waals surface area contributed by atoms with Crippen molar-refractivity contribution in [3.05, 3.63) is 58.3 Å². The summed E-state index contributed by atoms with van der Waals surface area (Å²) in [6.07, 6.45) is 1.13. The molecule has 0 unspecified atom stereocenters. The average Bonchev–Trinajstić information content (AvgIpc) is 2.60. The maximum absolute atomic E-state index is 10.8. The van der Waals surface area contributed by atoms with Gasteiger partial charge in [-0.3, -0.25) is 10.1 Å². The van der Waals surface area contributed by atoms with Crippen molar-refractivity contribution < 1.29 is 9.66 Å². The average molecular weight is 353 g/mol. The molecule has 0 spiro atoms. The summed E-state index contributed by atoms with van der Waals surface area (Å²) in [7, 11) is 0. The number of nitrogens with zero attached hydrogens (tertiary/aromatic N) is 3. The van der Waals surface area contributed by atoms with Crippen LogP contribution >= 0.6 is 0 Å². The standard InChI is InChI=1S/C18H19N5O3/c1-11(2)26-16-8-7-12-5-3-4-6-13(12)14(16)9-20-18-21-10-15(23(24)25)17(19)22-18/h3-8,10-11H,9H2,1-2H3,(H3,19,20,21,22). The Morgan fingerprint density at radius 1 is 1.27 bits per heavy atom. The Labute approximate surface area is 150 Å². The second-order valence-corrected chi connectivity index (χ2v) is 6.00. The van der Waals surface area contributed by atoms with Crippen LogP contribution < -0.4 is 15.8 Å². The van der Waals surface area contributed by atoms with Crippen LogP contribution in [0.1, 0.15) is 19.4 Å². The highest BCUT2D eigenvalue weighted by molar-refractivity contribution is 5.88. The molecule has 0 amide bonds. The highest BCUT2D eigenvalue weighted by Gasteiger charge is 2.15. The van der Waals surface area contributed by atoms with E-state index in [1.165, 1.54) is 0 Å². The number of nitro groups is 1. The van der Waals surface area contributed by atoms with Crippen LogP contribution in [0.2, 0.25) is 0 Å². The van der Waals surface area contributed by atoms with Crippen molar-refractivity contribution in [3.8, 4) is 5.75 Å². The van der Waals surface area contributed by atoms with Crippen molar-refractivity contribution in [3.63, 3.8) is 0 Å². The van der Waals surface area contributed by atoms with Crippen LogP contribution in [0.5, 0.6) is 5.75 Å². The molecule has 134 valence electrons. The van der Waals surface area contributed by atoms with Crippen molar-refractivity contribution in [2.75, 3.05) is 11.1 Å². The first-order chi connectivity index (χ1) is 12.5. The van der Waals surface area contributed by atoms with Gasteiger partial charge in [-0.15, -0.1) is 0 Å². The van der Waals surface area contributed by atoms with E-state index >= 15 is 0 Å². The first kappa shape index (κ1) is 17.4. The third-order valence-electron chi connectivity index (χ3n) is 3.78. The molecular formula is C18H19N5O3. The molecule has 3 aromatic rings. The lowest BCUT2D eigenvalue weighted by atomic mass is 10.0. The smallest absolute Gasteiger partial charge is 0.329 e. The van der Waals surface area contributed by atoms with Crippen molar-refractivity contribution in [1.29, 1.82) is 0 Å². The molecule has 1 heterocycles. The molecule has 2 aromatic carbocycles. The number of anilines is 2. The molecule has 8 nitrogen and oxygen atoms in total. The van der Waals surface area contributed by atoms with Crippen LogP contribution in [0.3, 0.4) is 0 Å². The Morgan fingerprint density at radius 3 is 2.73 bits per heavy atom. The van der Waals surface area contributed by atoms with E-state index in [1.807, 2.05) is 50.2 Å². The number of aromatic nitrogens is 2. The highest BCUT2D eigenvalue weighted by Crippen LogP contribution is 2.29. The second kappa shape index (κ2) is 7.22. The minimum atomic E-state index is -0.613. The summed E-state index contributed by atoms with van der Waals surface area (Å²) < 4.78 is 5.92. The third kappa shape index (κ3) is 3.64. The van der Waals surface area contributed by atoms with Gasteiger partial charge in [-0.1, -0.05) is 30.3 Å². The molecule has 26 heavy (non-hydrogen) atoms. The Bertz CT molecular complexity index is 959. The van der Waals surface area contributed by atoms with E-state index in [0.29, 0.717) is 6.54 Å². The Balaban J connectivity index is 1.92. The number of nitrogen functional groups attached to an aromatic ring is 1. The first-order valence-corrected chi connectivity index (χ1v) is 8.13. The first-order valence-electron chi connectivity index (χ1n) is 8.13. The van der Waals surface area contributed by atoms with Crippen molar-refractivity contribution in [1.82, 2.24) is 9.97 Å². The van der Waals surface area contributed by atoms with Crippen LogP contribution in [0.25, 0.3) is 10.8 Å². The van der Waals surface area contributed by atoms with Crippen molar-refractivity contribution in [2.24, 2.45) is 0 Å². The zero-order valence-electron chi connectivity index (χ0n) is 14.5. The van der Waals surface area contributed by atoms with Gasteiger partial charge in [0.15, 0.2) is 0 Å². The SMILES string of the molecule is CC(C)Oc1ccc2ccccc2c1CNc1ncc([N+](=O)[O-])c(N)n1. The van der Waals surface area contributed by atoms with Crippen LogP contribution in [0.15, 0.2) is 42.6 Å². The van der Waals surface area contributed by atoms with E-state index in [9.17, 15) is 10.1 Å². The number of nitrogens with one attached hydrogen (secondary N) is 1. The fraction of sp³-hybridized carbons (Fsp3) is 0.222. The predicted molar refractivity (Wildman–Crippen MR) is 100 cm³/mol. The molecule has 0 aliphatic heterocycles. The number of nitrogens with two attached hydrogens (primary N) is 1. The molecule has 0 aliphatic rings. The minimum Gasteiger partial charge on any atom is -0.491 e. The van der Waals surface area contributed by atoms with Gasteiger partial charge in [0, 0.05) is 12.1 Å². The van der Waals surface area contributed by atoms with Gasteiger partial charge in [0.2, 0.25) is 11.8 Å². The molecule has 0 saturated carbocycles. The molecular weight excluding hydrogens is 334 g/mol. The number of ether oxygens (including phenoxy) is 1. The minimum absolute atomic E-state index is 0.0289. The molecule has 0 aliphatic carbocycles. The van der Waals surface area contributed by atoms with E-state index in [4.69, 9.17) is 10.5 Å². The molecule has 3 N–H and O–H groups in total. The normalized spacial score (nSPS) is 10.9. The maximum Gasteiger partial charge on any atom is 0.329 e. The van der Waals surface area contributed by atoms with E-state index in [-0.39, 0.29) is 23.6 Å². The summed E-state index contributed by atoms with van der Waals surface area (Å²) >= 11 is 0. The van der Waals surface area contributed by atoms with Gasteiger partial charge in [0.1, 0.15) is 11.9 Å². The summed E-state index contributed by atoms with van der Waals surface area (Å²) in [6.45, 7) is 4.32. The largest absolute Gasteiger partial charge is 0.491 e. The number of hydrogen-bond acceptors (Lipinski definition) is 7. The molecule has 0 bridgehead atoms. The molecule has 3 rings (SSSR count). The summed E-state index contributed by atoms with van der Waals surface area (Å²) in [5.41, 5.74) is 6.26. The molecule has 1 aromatic heterocycles. The lowest BCUT2D eigenvalue weighted by Crippen LogP contribution is -2.11. The summed E-state index contributed by atoms with van der Waals surface area (Å²) in [6, 6.07) is 11.9. The monoisotopic (exact) mass is 353 g/mol. The fourth-order valence-corrected chi connectivity index (χ4v) is 2.64. The second-order valence-electron chi connectivity index (χ2n) is 6.00. The summed E-state index contributed by atoms with van der Waals surface area (Å²) in [5.74, 6) is 0.807. The quantitative estimate of drug-likeness (QED) is 0.514. The molecule has 0 atom stereocenters. The van der Waals surface area contributed by atoms with E-state index < -0.39 is 4.92 Å². The van der Waals surface area contributed by atoms with Crippen LogP contribution in [-0.4, -0.2) is 21.0 Å². The van der Waals surface area contributed by atoms with E-state index in [1.54, 1.807) is 0 Å². The van der Waals surface area contributed by atoms with Gasteiger partial charge < -0.3 is 15.8 Å². The molecule has 8 heteroatoms. The van der Waals surface area contributed by atoms with E-state index in [0.717, 1.165) is 28.3 Å². The third-order valence-corrected chi connectivity index (χ3v) is 3.78. The topological polar surface area (TPSA) is 116 Å². The van der Waals surface area contributed by atoms with Gasteiger partial charge in [-0.2, -0.15) is 4.98 Å². The van der Waals surface area contributed by atoms with Gasteiger partial charge in [-0.05, 0) is 30.7 Å². The summed E-state index contributed by atoms with van der Waals surface area (Å²) in [5, 5.41) is 16.0. The molecule has 0 radical (unpaired) electrons. The highest BCUT2D eigenvalue weighted by atomic mass is 16.6. The number of fused-ring (bicyclic) bond motifs is 1. The molecule has 0 saturated heterocycles. The lowest BCUT2D eigenvalue weighted by Gasteiger charge is -2.17. The Morgan fingerprint density at radius 2 is 2.04 bits per heavy atom. The van der Waals surface area contributed by atoms with Crippen LogP contribution in [-0.2, 0) is 6.54 Å². The van der Waals surface area contributed by atoms with E-state index in [2.05, 4.69) is 15.3 Å². The van der Waals surface area contributed by atoms with Crippen LogP contribution in [0.4, 0.5) is 17.5 Å². The summed E-state index contributed by atoms with van der Waals surface area (Å²) in [4.78, 5) is 18.1. The zero-order chi connectivity index (χ0) is 18.7. The van der Waals surface area contributed by atoms with Crippen LogP contribution in [0, 0.1) is 10.1 Å². The van der Waals surface area contributed by atoms with Gasteiger partial charge in [0.25, 0.3) is 0 Å². The maximum atomic E-state index is 10.8. The van der Waals surface area contributed by atoms with Gasteiger partial charge in [0.05, 0.1) is 11.0 Å². The van der Waals surface area contributed by atoms with Gasteiger partial charge >= 0.3 is 5.69 Å². The number of benzene rings is 2. The predicted octanol–water partition coefficient (Wildman–Crippen LogP) is 3.52. The Kier molecular flexibility index (Phi) is 4.83. The number of rotatable bonds is 6. The number of hydrogen-bond donors (Lipinski definition) is 2. The lowest BCUT2D eigenvalue weighted by molar-refractivity contribution is -0.384. The zero-order valence-corrected chi connectivity index (χ0v) is 14.5. The fourth-order valence-electron chi connectivity index (χ4n) is 2.64.